The number of methoxy groups -OCH3 is 4. The number of carbonyl (C=O) groups excluding carboxylic acids is 1. The van der Waals surface area contributed by atoms with Gasteiger partial charge in [-0.25, -0.2) is 4.84 Å². The van der Waals surface area contributed by atoms with Gasteiger partial charge in [0.05, 0.1) is 39.8 Å². The molecule has 1 aromatic heterocycles. The topological polar surface area (TPSA) is 90.9 Å². The van der Waals surface area contributed by atoms with Crippen LogP contribution in [0.4, 0.5) is 5.69 Å². The Morgan fingerprint density at radius 3 is 2.25 bits per heavy atom. The van der Waals surface area contributed by atoms with Crippen LogP contribution in [0.2, 0.25) is 0 Å². The molecule has 0 aliphatic heterocycles. The van der Waals surface area contributed by atoms with Crippen molar-refractivity contribution in [1.82, 2.24) is 9.21 Å². The number of aromatic nitrogens is 1. The quantitative estimate of drug-likeness (QED) is 0.413. The second-order valence-electron chi connectivity index (χ2n) is 6.59. The Bertz CT molecular complexity index is 1060. The Kier molecular flexibility index (Phi) is 8.15. The Morgan fingerprint density at radius 2 is 1.66 bits per heavy atom. The van der Waals surface area contributed by atoms with Gasteiger partial charge in [-0.05, 0) is 53.1 Å². The lowest BCUT2D eigenvalue weighted by Crippen LogP contribution is -2.17. The minimum Gasteiger partial charge on any atom is -0.495 e. The zero-order valence-electron chi connectivity index (χ0n) is 18.2. The van der Waals surface area contributed by atoms with Crippen molar-refractivity contribution < 1.29 is 23.7 Å². The maximum atomic E-state index is 12.2. The van der Waals surface area contributed by atoms with E-state index < -0.39 is 0 Å². The number of rotatable bonds is 10. The molecule has 2 aromatic carbocycles. The summed E-state index contributed by atoms with van der Waals surface area (Å²) in [6.45, 7) is 0.356. The molecule has 0 saturated carbocycles. The number of hydrogen-bond acceptors (Lipinski definition) is 8. The van der Waals surface area contributed by atoms with E-state index in [1.807, 2.05) is 29.6 Å². The van der Waals surface area contributed by atoms with Crippen LogP contribution in [0.25, 0.3) is 22.4 Å². The van der Waals surface area contributed by atoms with Crippen molar-refractivity contribution in [1.29, 1.82) is 0 Å². The molecule has 2 N–H and O–H groups in total. The molecule has 0 spiro atoms. The number of benzene rings is 2. The average Bonchev–Trinajstić information content (AvgIpc) is 3.31. The first-order chi connectivity index (χ1) is 15.6. The Labute approximate surface area is 195 Å². The highest BCUT2D eigenvalue weighted by atomic mass is 35.5. The first-order valence-corrected chi connectivity index (χ1v) is 10.8. The second-order valence-corrected chi connectivity index (χ2v) is 7.48. The third-order valence-electron chi connectivity index (χ3n) is 4.74. The van der Waals surface area contributed by atoms with Gasteiger partial charge in [-0.15, -0.1) is 0 Å². The number of anilines is 1. The fourth-order valence-electron chi connectivity index (χ4n) is 3.21. The van der Waals surface area contributed by atoms with Gasteiger partial charge in [0.15, 0.2) is 11.5 Å². The molecule has 0 bridgehead atoms. The summed E-state index contributed by atoms with van der Waals surface area (Å²) < 4.78 is 26.4. The molecule has 0 radical (unpaired) electrons. The van der Waals surface area contributed by atoms with E-state index in [4.69, 9.17) is 30.7 Å². The molecule has 0 aliphatic rings. The third-order valence-corrected chi connectivity index (χ3v) is 5.56. The molecule has 8 nitrogen and oxygen atoms in total. The van der Waals surface area contributed by atoms with E-state index in [2.05, 4.69) is 14.5 Å². The van der Waals surface area contributed by atoms with Gasteiger partial charge in [-0.3, -0.25) is 4.79 Å². The molecule has 1 amide bonds. The lowest BCUT2D eigenvalue weighted by atomic mass is 10.0. The van der Waals surface area contributed by atoms with E-state index in [1.54, 1.807) is 34.5 Å². The minimum absolute atomic E-state index is 0.179. The highest BCUT2D eigenvalue weighted by molar-refractivity contribution is 7.04. The van der Waals surface area contributed by atoms with Crippen LogP contribution in [0.1, 0.15) is 6.42 Å². The summed E-state index contributed by atoms with van der Waals surface area (Å²) in [7, 11) is 6.26. The van der Waals surface area contributed by atoms with Crippen LogP contribution in [0, 0.1) is 0 Å². The Hall–Kier alpha value is -3.01. The van der Waals surface area contributed by atoms with Crippen molar-refractivity contribution in [3.8, 4) is 45.4 Å². The van der Waals surface area contributed by atoms with Gasteiger partial charge in [0, 0.05) is 29.5 Å². The highest BCUT2D eigenvalue weighted by Crippen LogP contribution is 2.44. The number of carbonyl (C=O) groups is 1. The standard InChI is InChI=1S/C22H24ClN3O5S/c1-28-17-6-5-13(9-16(17)25-20(27)7-8-24-23)15-12-32-26-21(15)14-10-18(29-2)22(31-4)19(11-14)30-3/h5-6,9-12,24H,7-8H2,1-4H3,(H,25,27). The van der Waals surface area contributed by atoms with Crippen molar-refractivity contribution >= 4 is 34.9 Å². The van der Waals surface area contributed by atoms with Gasteiger partial charge in [-0.1, -0.05) is 6.07 Å². The minimum atomic E-state index is -0.179. The monoisotopic (exact) mass is 477 g/mol. The van der Waals surface area contributed by atoms with Crippen molar-refractivity contribution in [2.24, 2.45) is 0 Å². The number of nitrogens with one attached hydrogen (secondary N) is 2. The number of ether oxygens (including phenoxy) is 4. The lowest BCUT2D eigenvalue weighted by Gasteiger charge is -2.15. The van der Waals surface area contributed by atoms with Gasteiger partial charge >= 0.3 is 0 Å². The molecule has 0 aliphatic carbocycles. The van der Waals surface area contributed by atoms with E-state index in [9.17, 15) is 4.79 Å². The summed E-state index contributed by atoms with van der Waals surface area (Å²) >= 11 is 6.78. The van der Waals surface area contributed by atoms with Crippen LogP contribution >= 0.6 is 23.3 Å². The van der Waals surface area contributed by atoms with Crippen molar-refractivity contribution in [2.45, 2.75) is 6.42 Å². The van der Waals surface area contributed by atoms with E-state index >= 15 is 0 Å². The number of halogens is 1. The first kappa shape index (κ1) is 23.6. The van der Waals surface area contributed by atoms with E-state index in [0.717, 1.165) is 22.4 Å². The molecule has 32 heavy (non-hydrogen) atoms. The van der Waals surface area contributed by atoms with Crippen LogP contribution in [-0.2, 0) is 4.79 Å². The Balaban J connectivity index is 2.03. The van der Waals surface area contributed by atoms with E-state index in [-0.39, 0.29) is 12.3 Å². The second kappa shape index (κ2) is 11.0. The maximum Gasteiger partial charge on any atom is 0.225 e. The molecule has 3 aromatic rings. The van der Waals surface area contributed by atoms with Crippen molar-refractivity contribution in [3.63, 3.8) is 0 Å². The summed E-state index contributed by atoms with van der Waals surface area (Å²) in [5.41, 5.74) is 3.89. The summed E-state index contributed by atoms with van der Waals surface area (Å²) in [4.78, 5) is 14.7. The largest absolute Gasteiger partial charge is 0.495 e. The lowest BCUT2D eigenvalue weighted by molar-refractivity contribution is -0.116. The molecule has 0 fully saturated rings. The zero-order valence-corrected chi connectivity index (χ0v) is 19.7. The SMILES string of the molecule is COc1ccc(-c2csnc2-c2cc(OC)c(OC)c(OC)c2)cc1NC(=O)CCNCl. The van der Waals surface area contributed by atoms with Crippen LogP contribution in [0.5, 0.6) is 23.0 Å². The summed E-state index contributed by atoms with van der Waals surface area (Å²) in [6.07, 6.45) is 0.230. The molecular formula is C22H24ClN3O5S. The van der Waals surface area contributed by atoms with Gasteiger partial charge in [-0.2, -0.15) is 4.37 Å². The third kappa shape index (κ3) is 5.07. The number of amides is 1. The van der Waals surface area contributed by atoms with Crippen molar-refractivity contribution in [3.05, 3.63) is 35.7 Å². The van der Waals surface area contributed by atoms with Crippen LogP contribution < -0.4 is 29.1 Å². The molecule has 1 heterocycles. The number of nitrogens with zero attached hydrogens (tertiary/aromatic N) is 1. The van der Waals surface area contributed by atoms with Gasteiger partial charge in [0.2, 0.25) is 11.7 Å². The summed E-state index contributed by atoms with van der Waals surface area (Å²) in [6, 6.07) is 9.29. The van der Waals surface area contributed by atoms with Crippen LogP contribution in [0.15, 0.2) is 35.7 Å². The molecule has 3 rings (SSSR count). The van der Waals surface area contributed by atoms with Gasteiger partial charge in [0.1, 0.15) is 5.75 Å². The fourth-order valence-corrected chi connectivity index (χ4v) is 4.02. The van der Waals surface area contributed by atoms with Crippen molar-refractivity contribution in [2.75, 3.05) is 40.3 Å². The fraction of sp³-hybridized carbons (Fsp3) is 0.273. The summed E-state index contributed by atoms with van der Waals surface area (Å²) in [5.74, 6) is 1.96. The molecule has 170 valence electrons. The Morgan fingerprint density at radius 1 is 0.969 bits per heavy atom. The van der Waals surface area contributed by atoms with E-state index in [1.165, 1.54) is 11.5 Å². The predicted octanol–water partition coefficient (Wildman–Crippen LogP) is 4.58. The van der Waals surface area contributed by atoms with Crippen LogP contribution in [-0.4, -0.2) is 45.3 Å². The zero-order chi connectivity index (χ0) is 23.1. The first-order valence-electron chi connectivity index (χ1n) is 9.62. The highest BCUT2D eigenvalue weighted by Gasteiger charge is 2.19. The summed E-state index contributed by atoms with van der Waals surface area (Å²) in [5, 5.41) is 4.82. The van der Waals surface area contributed by atoms with Gasteiger partial charge in [0.25, 0.3) is 0 Å². The predicted molar refractivity (Wildman–Crippen MR) is 126 cm³/mol. The number of hydrogen-bond donors (Lipinski definition) is 2. The molecule has 10 heteroatoms. The van der Waals surface area contributed by atoms with Gasteiger partial charge < -0.3 is 24.3 Å². The molecule has 0 unspecified atom stereocenters. The maximum absolute atomic E-state index is 12.2. The smallest absolute Gasteiger partial charge is 0.225 e. The molecule has 0 atom stereocenters. The van der Waals surface area contributed by atoms with Crippen LogP contribution in [0.3, 0.4) is 0 Å². The normalized spacial score (nSPS) is 10.5. The molecular weight excluding hydrogens is 454 g/mol. The molecule has 0 saturated heterocycles. The van der Waals surface area contributed by atoms with E-state index in [0.29, 0.717) is 35.2 Å². The average molecular weight is 478 g/mol.